The largest absolute Gasteiger partial charge is 0.279 e. The summed E-state index contributed by atoms with van der Waals surface area (Å²) in [6.07, 6.45) is 0. The first kappa shape index (κ1) is 14.0. The number of halogens is 1. The van der Waals surface area contributed by atoms with Crippen LogP contribution >= 0.6 is 11.6 Å². The van der Waals surface area contributed by atoms with Crippen LogP contribution in [0.25, 0.3) is 34.1 Å². The number of fused-ring (bicyclic) bond motifs is 3. The lowest BCUT2D eigenvalue weighted by Crippen LogP contribution is -2.05. The molecule has 0 spiro atoms. The summed E-state index contributed by atoms with van der Waals surface area (Å²) in [5.41, 5.74) is 2.98. The Bertz CT molecular complexity index is 1190. The van der Waals surface area contributed by atoms with Gasteiger partial charge in [-0.05, 0) is 34.7 Å². The van der Waals surface area contributed by atoms with Gasteiger partial charge in [-0.2, -0.15) is 0 Å². The van der Waals surface area contributed by atoms with Gasteiger partial charge in [0, 0.05) is 16.1 Å². The van der Waals surface area contributed by atoms with Crippen LogP contribution in [0.15, 0.2) is 54.6 Å². The van der Waals surface area contributed by atoms with Crippen molar-refractivity contribution in [1.29, 1.82) is 0 Å². The number of rotatable bonds is 2. The standard InChI is InChI=1S/C16H9ClN8/c17-12-8-6-11(7-9-12)14-18-19-15-13(10-4-2-1-3-5-10)21-25-16(24(14)15)20-22-23-25/h1-9H. The third-order valence-electron chi connectivity index (χ3n) is 3.86. The molecule has 0 aliphatic carbocycles. The fraction of sp³-hybridized carbons (Fsp3) is 0. The van der Waals surface area contributed by atoms with Crippen molar-refractivity contribution >= 4 is 23.0 Å². The van der Waals surface area contributed by atoms with E-state index in [1.165, 1.54) is 4.63 Å². The Morgan fingerprint density at radius 2 is 1.60 bits per heavy atom. The number of tetrazole rings is 1. The predicted molar refractivity (Wildman–Crippen MR) is 91.0 cm³/mol. The Morgan fingerprint density at radius 1 is 0.800 bits per heavy atom. The molecule has 0 N–H and O–H groups in total. The molecule has 8 nitrogen and oxygen atoms in total. The maximum atomic E-state index is 5.98. The second-order valence-corrected chi connectivity index (χ2v) is 5.81. The van der Waals surface area contributed by atoms with Gasteiger partial charge in [0.1, 0.15) is 5.69 Å². The third kappa shape index (κ3) is 2.15. The summed E-state index contributed by atoms with van der Waals surface area (Å²) in [4.78, 5) is 0. The molecule has 0 radical (unpaired) electrons. The maximum absolute atomic E-state index is 5.98. The van der Waals surface area contributed by atoms with Crippen LogP contribution < -0.4 is 0 Å². The van der Waals surface area contributed by atoms with E-state index in [4.69, 9.17) is 11.6 Å². The summed E-state index contributed by atoms with van der Waals surface area (Å²) < 4.78 is 3.16. The van der Waals surface area contributed by atoms with Crippen molar-refractivity contribution in [2.24, 2.45) is 0 Å². The van der Waals surface area contributed by atoms with Crippen molar-refractivity contribution in [1.82, 2.24) is 39.9 Å². The highest BCUT2D eigenvalue weighted by atomic mass is 35.5. The molecule has 0 bridgehead atoms. The topological polar surface area (TPSA) is 86.2 Å². The molecule has 0 unspecified atom stereocenters. The van der Waals surface area contributed by atoms with Gasteiger partial charge < -0.3 is 0 Å². The minimum atomic E-state index is 0.435. The van der Waals surface area contributed by atoms with Gasteiger partial charge in [0.2, 0.25) is 0 Å². The van der Waals surface area contributed by atoms with Crippen LogP contribution in [0, 0.1) is 0 Å². The van der Waals surface area contributed by atoms with Gasteiger partial charge >= 0.3 is 0 Å². The monoisotopic (exact) mass is 348 g/mol. The molecule has 0 fully saturated rings. The molecule has 0 saturated carbocycles. The predicted octanol–water partition coefficient (Wildman–Crippen LogP) is 2.55. The van der Waals surface area contributed by atoms with E-state index in [2.05, 4.69) is 30.8 Å². The van der Waals surface area contributed by atoms with Crippen molar-refractivity contribution < 1.29 is 0 Å². The van der Waals surface area contributed by atoms with Crippen molar-refractivity contribution in [3.05, 3.63) is 59.6 Å². The molecule has 120 valence electrons. The molecular formula is C16H9ClN8. The zero-order valence-electron chi connectivity index (χ0n) is 12.7. The number of hydrogen-bond donors (Lipinski definition) is 0. The van der Waals surface area contributed by atoms with Crippen molar-refractivity contribution in [3.63, 3.8) is 0 Å². The Morgan fingerprint density at radius 3 is 2.40 bits per heavy atom. The summed E-state index contributed by atoms with van der Waals surface area (Å²) in [5.74, 6) is 1.05. The average Bonchev–Trinajstić information content (AvgIpc) is 3.29. The smallest absolute Gasteiger partial charge is 0.238 e. The van der Waals surface area contributed by atoms with Crippen LogP contribution in [0.2, 0.25) is 5.02 Å². The lowest BCUT2D eigenvalue weighted by atomic mass is 10.1. The normalized spacial score (nSPS) is 11.4. The average molecular weight is 349 g/mol. The van der Waals surface area contributed by atoms with Crippen LogP contribution in [0.1, 0.15) is 0 Å². The molecule has 3 heterocycles. The van der Waals surface area contributed by atoms with Gasteiger partial charge in [0.25, 0.3) is 5.78 Å². The van der Waals surface area contributed by atoms with Crippen molar-refractivity contribution in [3.8, 4) is 22.6 Å². The summed E-state index contributed by atoms with van der Waals surface area (Å²) in [7, 11) is 0. The fourth-order valence-corrected chi connectivity index (χ4v) is 2.84. The molecule has 0 atom stereocenters. The molecule has 0 amide bonds. The Kier molecular flexibility index (Phi) is 2.98. The lowest BCUT2D eigenvalue weighted by molar-refractivity contribution is 0.728. The first-order chi connectivity index (χ1) is 12.3. The molecule has 9 heteroatoms. The third-order valence-corrected chi connectivity index (χ3v) is 4.11. The maximum Gasteiger partial charge on any atom is 0.279 e. The zero-order chi connectivity index (χ0) is 16.8. The van der Waals surface area contributed by atoms with Gasteiger partial charge in [-0.15, -0.1) is 15.3 Å². The summed E-state index contributed by atoms with van der Waals surface area (Å²) in [6, 6.07) is 17.1. The summed E-state index contributed by atoms with van der Waals surface area (Å²) >= 11 is 5.98. The summed E-state index contributed by atoms with van der Waals surface area (Å²) in [5, 5.41) is 25.5. The van der Waals surface area contributed by atoms with Crippen molar-refractivity contribution in [2.45, 2.75) is 0 Å². The SMILES string of the molecule is Clc1ccc(-c2nnc3c(-c4ccccc4)nn4nnnc4n23)cc1. The molecule has 5 aromatic rings. The van der Waals surface area contributed by atoms with E-state index in [1.54, 1.807) is 16.5 Å². The zero-order valence-corrected chi connectivity index (χ0v) is 13.4. The van der Waals surface area contributed by atoms with E-state index in [9.17, 15) is 0 Å². The highest BCUT2D eigenvalue weighted by Gasteiger charge is 2.19. The highest BCUT2D eigenvalue weighted by Crippen LogP contribution is 2.26. The van der Waals surface area contributed by atoms with E-state index in [1.807, 2.05) is 42.5 Å². The Hall–Kier alpha value is -3.39. The summed E-state index contributed by atoms with van der Waals surface area (Å²) in [6.45, 7) is 0. The van der Waals surface area contributed by atoms with E-state index < -0.39 is 0 Å². The highest BCUT2D eigenvalue weighted by molar-refractivity contribution is 6.30. The van der Waals surface area contributed by atoms with E-state index >= 15 is 0 Å². The number of nitrogens with zero attached hydrogens (tertiary/aromatic N) is 8. The van der Waals surface area contributed by atoms with Crippen LogP contribution in [0.3, 0.4) is 0 Å². The van der Waals surface area contributed by atoms with Crippen LogP contribution in [0.5, 0.6) is 0 Å². The molecule has 0 aliphatic heterocycles. The molecule has 25 heavy (non-hydrogen) atoms. The number of hydrogen-bond acceptors (Lipinski definition) is 6. The molecule has 3 aromatic heterocycles. The number of aromatic nitrogens is 8. The van der Waals surface area contributed by atoms with Gasteiger partial charge in [-0.25, -0.2) is 4.40 Å². The van der Waals surface area contributed by atoms with Gasteiger partial charge in [0.05, 0.1) is 0 Å². The number of benzene rings is 2. The quantitative estimate of drug-likeness (QED) is 0.487. The molecule has 2 aromatic carbocycles. The molecule has 5 rings (SSSR count). The fourth-order valence-electron chi connectivity index (χ4n) is 2.71. The molecule has 0 saturated heterocycles. The minimum Gasteiger partial charge on any atom is -0.238 e. The van der Waals surface area contributed by atoms with E-state index in [0.29, 0.717) is 28.0 Å². The first-order valence-corrected chi connectivity index (χ1v) is 7.84. The van der Waals surface area contributed by atoms with Crippen LogP contribution in [0.4, 0.5) is 0 Å². The minimum absolute atomic E-state index is 0.435. The Labute approximate surface area is 145 Å². The van der Waals surface area contributed by atoms with E-state index in [0.717, 1.165) is 11.1 Å². The van der Waals surface area contributed by atoms with Gasteiger partial charge in [-0.3, -0.25) is 0 Å². The van der Waals surface area contributed by atoms with Crippen LogP contribution in [-0.2, 0) is 0 Å². The first-order valence-electron chi connectivity index (χ1n) is 7.46. The van der Waals surface area contributed by atoms with Crippen molar-refractivity contribution in [2.75, 3.05) is 0 Å². The lowest BCUT2D eigenvalue weighted by Gasteiger charge is -2.05. The van der Waals surface area contributed by atoms with E-state index in [-0.39, 0.29) is 0 Å². The van der Waals surface area contributed by atoms with Gasteiger partial charge in [0.15, 0.2) is 11.5 Å². The second-order valence-electron chi connectivity index (χ2n) is 5.37. The van der Waals surface area contributed by atoms with Crippen LogP contribution in [-0.4, -0.2) is 39.9 Å². The molecule has 0 aliphatic rings. The molecular weight excluding hydrogens is 340 g/mol. The van der Waals surface area contributed by atoms with Gasteiger partial charge in [-0.1, -0.05) is 51.7 Å². The second kappa shape index (κ2) is 5.32. The Balaban J connectivity index is 1.87.